The number of hydrogen-bond acceptors (Lipinski definition) is 2. The molecule has 23 heavy (non-hydrogen) atoms. The molecular weight excluding hydrogens is 300 g/mol. The molecule has 2 nitrogen and oxygen atoms in total. The van der Waals surface area contributed by atoms with E-state index in [0.717, 1.165) is 18.8 Å². The maximum atomic E-state index is 6.73. The first kappa shape index (κ1) is 18.5. The summed E-state index contributed by atoms with van der Waals surface area (Å²) in [6.07, 6.45) is 1.42. The molecule has 130 valence electrons. The van der Waals surface area contributed by atoms with Gasteiger partial charge in [-0.25, -0.2) is 0 Å². The summed E-state index contributed by atoms with van der Waals surface area (Å²) in [6.45, 7) is 17.1. The lowest BCUT2D eigenvalue weighted by atomic mass is 9.97. The lowest BCUT2D eigenvalue weighted by molar-refractivity contribution is 0.0945. The standard InChI is InChI=1S/C20H34O2Si/c1-14(2)23(15(3)4,16(5)6)22-19-10-8-18(9-11-19)20-17(7)12-13-21-20/h8-11,14-17,20H,12-13H2,1-7H3/t17-,20-/m1/s1. The maximum Gasteiger partial charge on any atom is 0.258 e. The zero-order valence-electron chi connectivity index (χ0n) is 15.9. The average Bonchev–Trinajstić information content (AvgIpc) is 2.90. The summed E-state index contributed by atoms with van der Waals surface area (Å²) in [5, 5.41) is 0. The molecule has 1 aromatic rings. The molecule has 0 aliphatic carbocycles. The van der Waals surface area contributed by atoms with Crippen molar-refractivity contribution in [1.29, 1.82) is 0 Å². The van der Waals surface area contributed by atoms with Crippen LogP contribution in [0.15, 0.2) is 24.3 Å². The third-order valence-electron chi connectivity index (χ3n) is 5.60. The molecule has 0 aromatic heterocycles. The Morgan fingerprint density at radius 2 is 1.48 bits per heavy atom. The highest BCUT2D eigenvalue weighted by Crippen LogP contribution is 2.43. The van der Waals surface area contributed by atoms with Crippen LogP contribution < -0.4 is 4.43 Å². The van der Waals surface area contributed by atoms with Gasteiger partial charge in [0, 0.05) is 6.61 Å². The quantitative estimate of drug-likeness (QED) is 0.565. The van der Waals surface area contributed by atoms with Gasteiger partial charge in [-0.2, -0.15) is 0 Å². The molecule has 0 radical (unpaired) electrons. The van der Waals surface area contributed by atoms with Gasteiger partial charge in [-0.15, -0.1) is 0 Å². The number of rotatable bonds is 6. The topological polar surface area (TPSA) is 18.5 Å². The van der Waals surface area contributed by atoms with E-state index >= 15 is 0 Å². The SMILES string of the molecule is CC(C)[Si](Oc1ccc([C@@H]2OCC[C@H]2C)cc1)(C(C)C)C(C)C. The minimum Gasteiger partial charge on any atom is -0.543 e. The Bertz CT molecular complexity index is 471. The molecule has 1 aliphatic heterocycles. The first-order valence-corrected chi connectivity index (χ1v) is 11.3. The molecule has 1 heterocycles. The fourth-order valence-corrected chi connectivity index (χ4v) is 9.66. The Hall–Kier alpha value is -0.803. The van der Waals surface area contributed by atoms with E-state index in [2.05, 4.69) is 72.7 Å². The van der Waals surface area contributed by atoms with Crippen LogP contribution in [0.3, 0.4) is 0 Å². The Morgan fingerprint density at radius 1 is 0.957 bits per heavy atom. The Morgan fingerprint density at radius 3 is 1.87 bits per heavy atom. The summed E-state index contributed by atoms with van der Waals surface area (Å²) in [6, 6.07) is 8.70. The van der Waals surface area contributed by atoms with Crippen LogP contribution in [-0.2, 0) is 4.74 Å². The van der Waals surface area contributed by atoms with Crippen molar-refractivity contribution in [3.63, 3.8) is 0 Å². The molecule has 1 fully saturated rings. The Kier molecular flexibility index (Phi) is 5.96. The van der Waals surface area contributed by atoms with Gasteiger partial charge >= 0.3 is 0 Å². The van der Waals surface area contributed by atoms with Gasteiger partial charge in [-0.3, -0.25) is 0 Å². The van der Waals surface area contributed by atoms with E-state index in [4.69, 9.17) is 9.16 Å². The van der Waals surface area contributed by atoms with E-state index in [9.17, 15) is 0 Å². The van der Waals surface area contributed by atoms with E-state index in [1.165, 1.54) is 5.56 Å². The van der Waals surface area contributed by atoms with E-state index in [0.29, 0.717) is 22.5 Å². The van der Waals surface area contributed by atoms with Crippen LogP contribution in [0.25, 0.3) is 0 Å². The van der Waals surface area contributed by atoms with Crippen molar-refractivity contribution >= 4 is 8.32 Å². The zero-order valence-corrected chi connectivity index (χ0v) is 16.9. The number of ether oxygens (including phenoxy) is 1. The normalized spacial score (nSPS) is 22.3. The molecule has 0 bridgehead atoms. The molecule has 0 spiro atoms. The van der Waals surface area contributed by atoms with Gasteiger partial charge in [0.05, 0.1) is 6.10 Å². The summed E-state index contributed by atoms with van der Waals surface area (Å²) in [7, 11) is -1.86. The van der Waals surface area contributed by atoms with Crippen LogP contribution in [0, 0.1) is 5.92 Å². The van der Waals surface area contributed by atoms with Crippen molar-refractivity contribution in [2.45, 2.75) is 77.6 Å². The second-order valence-corrected chi connectivity index (χ2v) is 13.4. The number of benzene rings is 1. The highest BCUT2D eigenvalue weighted by Gasteiger charge is 2.47. The van der Waals surface area contributed by atoms with E-state index < -0.39 is 8.32 Å². The van der Waals surface area contributed by atoms with E-state index in [1.54, 1.807) is 0 Å². The molecule has 2 rings (SSSR count). The van der Waals surface area contributed by atoms with Gasteiger partial charge in [-0.1, -0.05) is 60.6 Å². The van der Waals surface area contributed by atoms with Crippen LogP contribution in [0.2, 0.25) is 16.6 Å². The fraction of sp³-hybridized carbons (Fsp3) is 0.700. The van der Waals surface area contributed by atoms with Crippen molar-refractivity contribution in [2.24, 2.45) is 5.92 Å². The highest BCUT2D eigenvalue weighted by molar-refractivity contribution is 6.78. The monoisotopic (exact) mass is 334 g/mol. The average molecular weight is 335 g/mol. The minimum atomic E-state index is -1.86. The second kappa shape index (κ2) is 7.39. The summed E-state index contributed by atoms with van der Waals surface area (Å²) >= 11 is 0. The summed E-state index contributed by atoms with van der Waals surface area (Å²) in [4.78, 5) is 0. The molecule has 1 aliphatic rings. The second-order valence-electron chi connectivity index (χ2n) is 8.05. The van der Waals surface area contributed by atoms with Gasteiger partial charge in [0.25, 0.3) is 8.32 Å². The van der Waals surface area contributed by atoms with Gasteiger partial charge in [0.15, 0.2) is 0 Å². The first-order chi connectivity index (χ1) is 10.8. The van der Waals surface area contributed by atoms with Crippen LogP contribution in [0.1, 0.15) is 66.6 Å². The molecule has 0 amide bonds. The van der Waals surface area contributed by atoms with Crippen molar-refractivity contribution in [3.8, 4) is 5.75 Å². The number of hydrogen-bond donors (Lipinski definition) is 0. The predicted molar refractivity (Wildman–Crippen MR) is 101 cm³/mol. The largest absolute Gasteiger partial charge is 0.543 e. The molecule has 2 atom stereocenters. The van der Waals surface area contributed by atoms with Crippen LogP contribution in [-0.4, -0.2) is 14.9 Å². The maximum absolute atomic E-state index is 6.73. The first-order valence-electron chi connectivity index (χ1n) is 9.19. The minimum absolute atomic E-state index is 0.256. The van der Waals surface area contributed by atoms with Gasteiger partial charge < -0.3 is 9.16 Å². The smallest absolute Gasteiger partial charge is 0.258 e. The van der Waals surface area contributed by atoms with Gasteiger partial charge in [-0.05, 0) is 46.7 Å². The Labute approximate surface area is 143 Å². The molecule has 1 aromatic carbocycles. The van der Waals surface area contributed by atoms with Crippen LogP contribution >= 0.6 is 0 Å². The zero-order chi connectivity index (χ0) is 17.2. The molecular formula is C20H34O2Si. The summed E-state index contributed by atoms with van der Waals surface area (Å²) < 4.78 is 12.6. The van der Waals surface area contributed by atoms with Crippen molar-refractivity contribution in [1.82, 2.24) is 0 Å². The third-order valence-corrected chi connectivity index (χ3v) is 11.6. The predicted octanol–water partition coefficient (Wildman–Crippen LogP) is 6.34. The van der Waals surface area contributed by atoms with Crippen molar-refractivity contribution in [2.75, 3.05) is 6.61 Å². The summed E-state index contributed by atoms with van der Waals surface area (Å²) in [5.41, 5.74) is 3.08. The Balaban J connectivity index is 2.21. The van der Waals surface area contributed by atoms with Crippen LogP contribution in [0.4, 0.5) is 0 Å². The highest BCUT2D eigenvalue weighted by atomic mass is 28.4. The third kappa shape index (κ3) is 3.66. The lowest BCUT2D eigenvalue weighted by Crippen LogP contribution is -2.50. The fourth-order valence-electron chi connectivity index (χ4n) is 4.40. The van der Waals surface area contributed by atoms with Crippen LogP contribution in [0.5, 0.6) is 5.75 Å². The molecule has 0 saturated carbocycles. The van der Waals surface area contributed by atoms with Crippen molar-refractivity contribution < 1.29 is 9.16 Å². The molecule has 1 saturated heterocycles. The van der Waals surface area contributed by atoms with Gasteiger partial charge in [0.1, 0.15) is 5.75 Å². The molecule has 0 N–H and O–H groups in total. The van der Waals surface area contributed by atoms with Crippen molar-refractivity contribution in [3.05, 3.63) is 29.8 Å². The van der Waals surface area contributed by atoms with E-state index in [-0.39, 0.29) is 6.10 Å². The van der Waals surface area contributed by atoms with Gasteiger partial charge in [0.2, 0.25) is 0 Å². The lowest BCUT2D eigenvalue weighted by Gasteiger charge is -2.42. The molecule has 3 heteroatoms. The molecule has 0 unspecified atom stereocenters. The summed E-state index contributed by atoms with van der Waals surface area (Å²) in [5.74, 6) is 1.64. The van der Waals surface area contributed by atoms with E-state index in [1.807, 2.05) is 0 Å².